The fourth-order valence-electron chi connectivity index (χ4n) is 3.72. The average molecular weight is 344 g/mol. The van der Waals surface area contributed by atoms with Crippen LogP contribution in [0.5, 0.6) is 0 Å². The van der Waals surface area contributed by atoms with Crippen molar-refractivity contribution in [1.82, 2.24) is 4.90 Å². The lowest BCUT2D eigenvalue weighted by atomic mass is 10.0. The number of anilines is 1. The van der Waals surface area contributed by atoms with Crippen molar-refractivity contribution in [3.63, 3.8) is 0 Å². The van der Waals surface area contributed by atoms with Gasteiger partial charge in [0.2, 0.25) is 11.8 Å². The zero-order valence-corrected chi connectivity index (χ0v) is 14.5. The Morgan fingerprint density at radius 1 is 1.08 bits per heavy atom. The van der Waals surface area contributed by atoms with E-state index in [2.05, 4.69) is 5.32 Å². The number of amides is 2. The topological polar surface area (TPSA) is 67.9 Å². The van der Waals surface area contributed by atoms with Crippen LogP contribution in [0.15, 0.2) is 24.3 Å². The van der Waals surface area contributed by atoms with E-state index in [1.807, 2.05) is 36.1 Å². The number of rotatable bonds is 3. The van der Waals surface area contributed by atoms with Crippen molar-refractivity contribution in [3.05, 3.63) is 29.8 Å². The molecule has 2 saturated heterocycles. The Morgan fingerprint density at radius 2 is 1.72 bits per heavy atom. The largest absolute Gasteiger partial charge is 0.347 e. The summed E-state index contributed by atoms with van der Waals surface area (Å²) in [5.74, 6) is -0.814. The van der Waals surface area contributed by atoms with E-state index < -0.39 is 5.79 Å². The van der Waals surface area contributed by atoms with Crippen molar-refractivity contribution in [2.75, 3.05) is 31.6 Å². The van der Waals surface area contributed by atoms with Crippen LogP contribution in [-0.4, -0.2) is 48.8 Å². The van der Waals surface area contributed by atoms with Gasteiger partial charge in [-0.1, -0.05) is 17.7 Å². The van der Waals surface area contributed by atoms with Gasteiger partial charge >= 0.3 is 0 Å². The monoisotopic (exact) mass is 344 g/mol. The molecule has 25 heavy (non-hydrogen) atoms. The van der Waals surface area contributed by atoms with E-state index in [9.17, 15) is 9.59 Å². The first-order chi connectivity index (χ1) is 12.1. The maximum Gasteiger partial charge on any atom is 0.228 e. The van der Waals surface area contributed by atoms with Gasteiger partial charge in [0.05, 0.1) is 25.0 Å². The van der Waals surface area contributed by atoms with Crippen LogP contribution < -0.4 is 5.32 Å². The first-order valence-electron chi connectivity index (χ1n) is 9.01. The zero-order valence-electron chi connectivity index (χ0n) is 14.5. The fraction of sp³-hybridized carbons (Fsp3) is 0.579. The molecule has 0 radical (unpaired) electrons. The number of ether oxygens (including phenoxy) is 2. The van der Waals surface area contributed by atoms with Gasteiger partial charge in [0.25, 0.3) is 0 Å². The van der Waals surface area contributed by atoms with E-state index in [4.69, 9.17) is 9.47 Å². The smallest absolute Gasteiger partial charge is 0.228 e. The predicted octanol–water partition coefficient (Wildman–Crippen LogP) is 1.94. The maximum atomic E-state index is 12.6. The molecule has 1 aromatic rings. The normalized spacial score (nSPS) is 27.3. The van der Waals surface area contributed by atoms with E-state index in [-0.39, 0.29) is 23.7 Å². The molecule has 1 spiro atoms. The molecule has 134 valence electrons. The molecule has 2 heterocycles. The maximum absolute atomic E-state index is 12.6. The molecule has 1 saturated carbocycles. The number of benzene rings is 1. The summed E-state index contributed by atoms with van der Waals surface area (Å²) in [5, 5.41) is 2.91. The SMILES string of the molecule is Cc1ccc(NC(=O)C2CC2C(=O)N2CCC3(CC2)OCCO3)cc1. The Labute approximate surface area is 147 Å². The lowest BCUT2D eigenvalue weighted by molar-refractivity contribution is -0.187. The van der Waals surface area contributed by atoms with Gasteiger partial charge in [0, 0.05) is 31.6 Å². The summed E-state index contributed by atoms with van der Waals surface area (Å²) in [5.41, 5.74) is 1.93. The van der Waals surface area contributed by atoms with Crippen LogP contribution >= 0.6 is 0 Å². The molecule has 1 aromatic carbocycles. The second kappa shape index (κ2) is 6.42. The number of piperidine rings is 1. The summed E-state index contributed by atoms with van der Waals surface area (Å²) >= 11 is 0. The minimum atomic E-state index is -0.470. The van der Waals surface area contributed by atoms with Gasteiger partial charge in [-0.15, -0.1) is 0 Å². The molecule has 2 aliphatic heterocycles. The van der Waals surface area contributed by atoms with Gasteiger partial charge in [-0.3, -0.25) is 9.59 Å². The molecule has 1 aliphatic carbocycles. The molecule has 3 aliphatic rings. The molecule has 2 unspecified atom stereocenters. The molecule has 4 rings (SSSR count). The van der Waals surface area contributed by atoms with Crippen molar-refractivity contribution >= 4 is 17.5 Å². The number of carbonyl (C=O) groups is 2. The molecule has 6 heteroatoms. The lowest BCUT2D eigenvalue weighted by Crippen LogP contribution is -2.48. The van der Waals surface area contributed by atoms with Crippen LogP contribution in [0.4, 0.5) is 5.69 Å². The van der Waals surface area contributed by atoms with Crippen molar-refractivity contribution in [2.24, 2.45) is 11.8 Å². The number of aryl methyl sites for hydroxylation is 1. The highest BCUT2D eigenvalue weighted by molar-refractivity contribution is 5.99. The Kier molecular flexibility index (Phi) is 4.25. The summed E-state index contributed by atoms with van der Waals surface area (Å²) in [7, 11) is 0. The molecule has 2 atom stereocenters. The van der Waals surface area contributed by atoms with Gasteiger partial charge in [-0.25, -0.2) is 0 Å². The third-order valence-electron chi connectivity index (χ3n) is 5.41. The van der Waals surface area contributed by atoms with Crippen molar-refractivity contribution < 1.29 is 19.1 Å². The predicted molar refractivity (Wildman–Crippen MR) is 91.9 cm³/mol. The minimum absolute atomic E-state index is 0.0573. The first-order valence-corrected chi connectivity index (χ1v) is 9.01. The zero-order chi connectivity index (χ0) is 17.4. The summed E-state index contributed by atoms with van der Waals surface area (Å²) in [6.45, 7) is 4.56. The highest BCUT2D eigenvalue weighted by Crippen LogP contribution is 2.42. The molecule has 3 fully saturated rings. The molecular formula is C19H24N2O4. The number of hydrogen-bond donors (Lipinski definition) is 1. The van der Waals surface area contributed by atoms with Crippen LogP contribution in [-0.2, 0) is 19.1 Å². The summed E-state index contributed by atoms with van der Waals surface area (Å²) in [6, 6.07) is 7.69. The number of likely N-dealkylation sites (tertiary alicyclic amines) is 1. The van der Waals surface area contributed by atoms with E-state index >= 15 is 0 Å². The van der Waals surface area contributed by atoms with E-state index in [0.717, 1.165) is 11.3 Å². The molecule has 2 amide bonds. The molecule has 1 N–H and O–H groups in total. The van der Waals surface area contributed by atoms with Gasteiger partial charge in [-0.2, -0.15) is 0 Å². The molecule has 6 nitrogen and oxygen atoms in total. The number of nitrogens with zero attached hydrogens (tertiary/aromatic N) is 1. The molecular weight excluding hydrogens is 320 g/mol. The van der Waals surface area contributed by atoms with Crippen LogP contribution in [0, 0.1) is 18.8 Å². The fourth-order valence-corrected chi connectivity index (χ4v) is 3.72. The van der Waals surface area contributed by atoms with Gasteiger partial charge in [0.15, 0.2) is 5.79 Å². The quantitative estimate of drug-likeness (QED) is 0.910. The Morgan fingerprint density at radius 3 is 2.36 bits per heavy atom. The third-order valence-corrected chi connectivity index (χ3v) is 5.41. The van der Waals surface area contributed by atoms with Crippen LogP contribution in [0.25, 0.3) is 0 Å². The number of nitrogens with one attached hydrogen (secondary N) is 1. The van der Waals surface area contributed by atoms with E-state index in [1.165, 1.54) is 0 Å². The van der Waals surface area contributed by atoms with Crippen molar-refractivity contribution in [2.45, 2.75) is 32.0 Å². The second-order valence-electron chi connectivity index (χ2n) is 7.24. The van der Waals surface area contributed by atoms with Crippen molar-refractivity contribution in [3.8, 4) is 0 Å². The van der Waals surface area contributed by atoms with Crippen LogP contribution in [0.2, 0.25) is 0 Å². The third kappa shape index (κ3) is 3.41. The molecule has 0 aromatic heterocycles. The minimum Gasteiger partial charge on any atom is -0.347 e. The first kappa shape index (κ1) is 16.5. The summed E-state index contributed by atoms with van der Waals surface area (Å²) < 4.78 is 11.4. The number of carbonyl (C=O) groups excluding carboxylic acids is 2. The molecule has 0 bridgehead atoms. The average Bonchev–Trinajstić information content (AvgIpc) is 3.31. The lowest BCUT2D eigenvalue weighted by Gasteiger charge is -2.37. The Hall–Kier alpha value is -1.92. The Bertz CT molecular complexity index is 657. The second-order valence-corrected chi connectivity index (χ2v) is 7.24. The van der Waals surface area contributed by atoms with Gasteiger partial charge in [-0.05, 0) is 25.5 Å². The van der Waals surface area contributed by atoms with Crippen molar-refractivity contribution in [1.29, 1.82) is 0 Å². The highest BCUT2D eigenvalue weighted by Gasteiger charge is 2.51. The summed E-state index contributed by atoms with van der Waals surface area (Å²) in [4.78, 5) is 26.8. The van der Waals surface area contributed by atoms with Gasteiger partial charge in [0.1, 0.15) is 0 Å². The van der Waals surface area contributed by atoms with E-state index in [0.29, 0.717) is 45.6 Å². The highest BCUT2D eigenvalue weighted by atomic mass is 16.7. The van der Waals surface area contributed by atoms with Crippen LogP contribution in [0.3, 0.4) is 0 Å². The standard InChI is InChI=1S/C19H24N2O4/c1-13-2-4-14(5-3-13)20-17(22)15-12-16(15)18(23)21-8-6-19(7-9-21)24-10-11-25-19/h2-5,15-16H,6-12H2,1H3,(H,20,22). The number of hydrogen-bond acceptors (Lipinski definition) is 4. The van der Waals surface area contributed by atoms with E-state index in [1.54, 1.807) is 0 Å². The van der Waals surface area contributed by atoms with Gasteiger partial charge < -0.3 is 19.7 Å². The van der Waals surface area contributed by atoms with Crippen LogP contribution in [0.1, 0.15) is 24.8 Å². The Balaban J connectivity index is 1.28. The summed E-state index contributed by atoms with van der Waals surface area (Å²) in [6.07, 6.45) is 2.07.